The molecule has 1 atom stereocenters. The van der Waals surface area contributed by atoms with E-state index in [9.17, 15) is 13.2 Å². The van der Waals surface area contributed by atoms with Gasteiger partial charge in [-0.15, -0.1) is 0 Å². The van der Waals surface area contributed by atoms with Gasteiger partial charge in [0.1, 0.15) is 5.75 Å². The van der Waals surface area contributed by atoms with E-state index in [4.69, 9.17) is 16.3 Å². The Kier molecular flexibility index (Phi) is 6.46. The largest absolute Gasteiger partial charge is 0.478 e. The van der Waals surface area contributed by atoms with Crippen LogP contribution in [0.2, 0.25) is 5.02 Å². The van der Waals surface area contributed by atoms with Crippen molar-refractivity contribution in [2.24, 2.45) is 0 Å². The lowest BCUT2D eigenvalue weighted by molar-refractivity contribution is -0.128. The molecule has 150 valence electrons. The Bertz CT molecular complexity index is 949. The molecule has 6 nitrogen and oxygen atoms in total. The number of hydrogen-bond donors (Lipinski definition) is 1. The first-order valence-electron chi connectivity index (χ1n) is 9.11. The molecule has 0 fully saturated rings. The maximum Gasteiger partial charge on any atom is 0.261 e. The number of nitrogens with one attached hydrogen (secondary N) is 1. The number of hydrogen-bond acceptors (Lipinski definition) is 4. The number of benzene rings is 2. The van der Waals surface area contributed by atoms with E-state index in [1.807, 2.05) is 24.3 Å². The normalized spacial score (nSPS) is 16.6. The van der Waals surface area contributed by atoms with Gasteiger partial charge in [-0.1, -0.05) is 41.9 Å². The summed E-state index contributed by atoms with van der Waals surface area (Å²) in [6.45, 7) is 0.676. The predicted molar refractivity (Wildman–Crippen MR) is 110 cm³/mol. The highest BCUT2D eigenvalue weighted by atomic mass is 35.5. The van der Waals surface area contributed by atoms with Crippen LogP contribution >= 0.6 is 11.6 Å². The van der Waals surface area contributed by atoms with Crippen LogP contribution in [0.25, 0.3) is 0 Å². The number of sulfonamides is 1. The van der Waals surface area contributed by atoms with Gasteiger partial charge in [-0.25, -0.2) is 8.42 Å². The van der Waals surface area contributed by atoms with Gasteiger partial charge in [0.25, 0.3) is 5.91 Å². The van der Waals surface area contributed by atoms with Crippen LogP contribution < -0.4 is 14.4 Å². The molecule has 1 N–H and O–H groups in total. The fourth-order valence-corrected chi connectivity index (χ4v) is 4.34. The number of ether oxygens (including phenoxy) is 1. The number of nitrogens with zero attached hydrogens (tertiary/aromatic N) is 1. The maximum absolute atomic E-state index is 12.6. The van der Waals surface area contributed by atoms with Gasteiger partial charge in [0.15, 0.2) is 6.10 Å². The molecule has 0 aromatic heterocycles. The molecule has 0 saturated heterocycles. The SMILES string of the molecule is CS(=O)(=O)N1CC[C@@H](C(=O)NCCCc2ccccc2Cl)Oc2ccccc21. The molecular formula is C20H23ClN2O4S. The van der Waals surface area contributed by atoms with E-state index < -0.39 is 16.1 Å². The van der Waals surface area contributed by atoms with E-state index in [-0.39, 0.29) is 18.9 Å². The molecule has 2 aromatic rings. The van der Waals surface area contributed by atoms with E-state index in [0.717, 1.165) is 29.7 Å². The van der Waals surface area contributed by atoms with Gasteiger partial charge in [-0.05, 0) is 36.6 Å². The smallest absolute Gasteiger partial charge is 0.261 e. The third-order valence-electron chi connectivity index (χ3n) is 4.57. The first-order valence-corrected chi connectivity index (χ1v) is 11.3. The fourth-order valence-electron chi connectivity index (χ4n) is 3.16. The van der Waals surface area contributed by atoms with Crippen molar-refractivity contribution in [1.29, 1.82) is 0 Å². The number of carbonyl (C=O) groups excluding carboxylic acids is 1. The van der Waals surface area contributed by atoms with Crippen LogP contribution in [0.1, 0.15) is 18.4 Å². The van der Waals surface area contributed by atoms with Crippen LogP contribution in [0.5, 0.6) is 5.75 Å². The molecule has 1 amide bonds. The number of rotatable bonds is 6. The quantitative estimate of drug-likeness (QED) is 0.726. The Hall–Kier alpha value is -2.25. The van der Waals surface area contributed by atoms with E-state index in [2.05, 4.69) is 5.32 Å². The summed E-state index contributed by atoms with van der Waals surface area (Å²) >= 11 is 6.14. The molecule has 1 aliphatic rings. The molecule has 0 saturated carbocycles. The average Bonchev–Trinajstić information content (AvgIpc) is 2.86. The van der Waals surface area contributed by atoms with Crippen LogP contribution in [0, 0.1) is 0 Å². The second-order valence-corrected chi connectivity index (χ2v) is 9.00. The lowest BCUT2D eigenvalue weighted by atomic mass is 10.1. The second kappa shape index (κ2) is 8.84. The van der Waals surface area contributed by atoms with E-state index >= 15 is 0 Å². The van der Waals surface area contributed by atoms with Crippen molar-refractivity contribution in [3.8, 4) is 5.75 Å². The summed E-state index contributed by atoms with van der Waals surface area (Å²) in [6, 6.07) is 14.5. The molecular weight excluding hydrogens is 400 g/mol. The summed E-state index contributed by atoms with van der Waals surface area (Å²) < 4.78 is 31.3. The Morgan fingerprint density at radius 3 is 2.68 bits per heavy atom. The number of amides is 1. The Morgan fingerprint density at radius 2 is 1.93 bits per heavy atom. The molecule has 0 bridgehead atoms. The Labute approximate surface area is 170 Å². The second-order valence-electron chi connectivity index (χ2n) is 6.68. The minimum Gasteiger partial charge on any atom is -0.478 e. The van der Waals surface area contributed by atoms with Gasteiger partial charge in [0, 0.05) is 24.5 Å². The summed E-state index contributed by atoms with van der Waals surface area (Å²) in [6.07, 6.45) is 2.19. The van der Waals surface area contributed by atoms with Crippen molar-refractivity contribution in [2.45, 2.75) is 25.4 Å². The summed E-state index contributed by atoms with van der Waals surface area (Å²) in [5.74, 6) is 0.144. The van der Waals surface area contributed by atoms with Gasteiger partial charge in [0.05, 0.1) is 11.9 Å². The number of carbonyl (C=O) groups is 1. The monoisotopic (exact) mass is 422 g/mol. The maximum atomic E-state index is 12.6. The molecule has 0 spiro atoms. The van der Waals surface area contributed by atoms with Crippen molar-refractivity contribution in [3.05, 3.63) is 59.1 Å². The Morgan fingerprint density at radius 1 is 1.21 bits per heavy atom. The zero-order chi connectivity index (χ0) is 20.1. The van der Waals surface area contributed by atoms with Crippen LogP contribution in [0.4, 0.5) is 5.69 Å². The van der Waals surface area contributed by atoms with Crippen molar-refractivity contribution in [3.63, 3.8) is 0 Å². The summed E-state index contributed by atoms with van der Waals surface area (Å²) in [4.78, 5) is 12.6. The number of anilines is 1. The van der Waals surface area contributed by atoms with Crippen LogP contribution in [-0.4, -0.2) is 39.8 Å². The van der Waals surface area contributed by atoms with Crippen LogP contribution in [0.3, 0.4) is 0 Å². The van der Waals surface area contributed by atoms with E-state index in [1.165, 1.54) is 4.31 Å². The first-order chi connectivity index (χ1) is 13.4. The van der Waals surface area contributed by atoms with E-state index in [1.54, 1.807) is 24.3 Å². The van der Waals surface area contributed by atoms with Crippen molar-refractivity contribution in [2.75, 3.05) is 23.7 Å². The topological polar surface area (TPSA) is 75.7 Å². The van der Waals surface area contributed by atoms with Gasteiger partial charge in [-0.3, -0.25) is 9.10 Å². The molecule has 1 aliphatic heterocycles. The van der Waals surface area contributed by atoms with Crippen LogP contribution in [-0.2, 0) is 21.2 Å². The highest BCUT2D eigenvalue weighted by Gasteiger charge is 2.30. The molecule has 0 unspecified atom stereocenters. The fraction of sp³-hybridized carbons (Fsp3) is 0.350. The molecule has 3 rings (SSSR count). The van der Waals surface area contributed by atoms with Gasteiger partial charge in [0.2, 0.25) is 10.0 Å². The minimum atomic E-state index is -3.46. The molecule has 1 heterocycles. The minimum absolute atomic E-state index is 0.188. The zero-order valence-corrected chi connectivity index (χ0v) is 17.2. The van der Waals surface area contributed by atoms with Gasteiger partial charge < -0.3 is 10.1 Å². The summed E-state index contributed by atoms with van der Waals surface area (Å²) in [5, 5.41) is 3.60. The van der Waals surface area contributed by atoms with Crippen LogP contribution in [0.15, 0.2) is 48.5 Å². The van der Waals surface area contributed by atoms with Crippen molar-refractivity contribution >= 4 is 33.2 Å². The third kappa shape index (κ3) is 4.97. The number of fused-ring (bicyclic) bond motifs is 1. The lowest BCUT2D eigenvalue weighted by Crippen LogP contribution is -2.40. The highest BCUT2D eigenvalue weighted by Crippen LogP contribution is 2.33. The first kappa shape index (κ1) is 20.5. The van der Waals surface area contributed by atoms with Gasteiger partial charge in [-0.2, -0.15) is 0 Å². The van der Waals surface area contributed by atoms with Crippen molar-refractivity contribution < 1.29 is 17.9 Å². The third-order valence-corrected chi connectivity index (χ3v) is 6.12. The number of aryl methyl sites for hydroxylation is 1. The summed E-state index contributed by atoms with van der Waals surface area (Å²) in [7, 11) is -3.46. The summed E-state index contributed by atoms with van der Waals surface area (Å²) in [5.41, 5.74) is 1.50. The lowest BCUT2D eigenvalue weighted by Gasteiger charge is -2.20. The highest BCUT2D eigenvalue weighted by molar-refractivity contribution is 7.92. The standard InChI is InChI=1S/C20H23ClN2O4S/c1-28(25,26)23-14-12-19(27-18-11-5-4-10-17(18)23)20(24)22-13-6-8-15-7-2-3-9-16(15)21/h2-5,7,9-11,19H,6,8,12-14H2,1H3,(H,22,24)/t19-/m0/s1. The van der Waals surface area contributed by atoms with Crippen molar-refractivity contribution in [1.82, 2.24) is 5.32 Å². The van der Waals surface area contributed by atoms with Gasteiger partial charge >= 0.3 is 0 Å². The molecule has 0 radical (unpaired) electrons. The molecule has 2 aromatic carbocycles. The molecule has 8 heteroatoms. The molecule has 0 aliphatic carbocycles. The average molecular weight is 423 g/mol. The molecule has 28 heavy (non-hydrogen) atoms. The number of halogens is 1. The zero-order valence-electron chi connectivity index (χ0n) is 15.6. The Balaban J connectivity index is 1.60. The van der Waals surface area contributed by atoms with E-state index in [0.29, 0.717) is 18.0 Å². The number of para-hydroxylation sites is 2. The predicted octanol–water partition coefficient (Wildman–Crippen LogP) is 3.01.